The van der Waals surface area contributed by atoms with E-state index in [0.717, 1.165) is 12.3 Å². The van der Waals surface area contributed by atoms with Gasteiger partial charge in [0, 0.05) is 26.2 Å². The van der Waals surface area contributed by atoms with E-state index in [4.69, 9.17) is 14.6 Å². The Bertz CT molecular complexity index is 481. The lowest BCUT2D eigenvalue weighted by molar-refractivity contribution is -0.129. The summed E-state index contributed by atoms with van der Waals surface area (Å²) in [5.41, 5.74) is 0. The van der Waals surface area contributed by atoms with E-state index < -0.39 is 0 Å². The minimum atomic E-state index is -0.274. The molecular weight excluding hydrogens is 284 g/mol. The van der Waals surface area contributed by atoms with Crippen molar-refractivity contribution in [3.05, 3.63) is 24.3 Å². The summed E-state index contributed by atoms with van der Waals surface area (Å²) in [6, 6.07) is 7.29. The summed E-state index contributed by atoms with van der Waals surface area (Å²) in [6.45, 7) is 5.04. The molecule has 1 aromatic carbocycles. The highest BCUT2D eigenvalue weighted by molar-refractivity contribution is 5.82. The van der Waals surface area contributed by atoms with E-state index in [2.05, 4.69) is 10.2 Å². The number of nitrogens with one attached hydrogen (secondary N) is 1. The number of carbonyl (C=O) groups excluding carboxylic acids is 1. The third-order valence-electron chi connectivity index (χ3n) is 3.63. The highest BCUT2D eigenvalue weighted by Crippen LogP contribution is 2.26. The van der Waals surface area contributed by atoms with Gasteiger partial charge in [-0.1, -0.05) is 12.1 Å². The van der Waals surface area contributed by atoms with Crippen LogP contribution >= 0.6 is 0 Å². The van der Waals surface area contributed by atoms with Crippen LogP contribution in [-0.4, -0.2) is 61.4 Å². The number of piperazine rings is 1. The van der Waals surface area contributed by atoms with Crippen LogP contribution in [0.5, 0.6) is 11.5 Å². The van der Waals surface area contributed by atoms with Crippen molar-refractivity contribution >= 4 is 5.91 Å². The zero-order valence-corrected chi connectivity index (χ0v) is 13.0. The molecule has 1 aliphatic rings. The fourth-order valence-electron chi connectivity index (χ4n) is 2.58. The highest BCUT2D eigenvalue weighted by Gasteiger charge is 2.28. The van der Waals surface area contributed by atoms with Gasteiger partial charge in [-0.25, -0.2) is 0 Å². The molecule has 0 unspecified atom stereocenters. The summed E-state index contributed by atoms with van der Waals surface area (Å²) in [7, 11) is 0. The maximum atomic E-state index is 11.8. The molecule has 2 rings (SSSR count). The molecule has 1 atom stereocenters. The Morgan fingerprint density at radius 2 is 2.05 bits per heavy atom. The van der Waals surface area contributed by atoms with Gasteiger partial charge in [0.15, 0.2) is 11.5 Å². The van der Waals surface area contributed by atoms with Crippen molar-refractivity contribution in [1.82, 2.24) is 10.2 Å². The Kier molecular flexibility index (Phi) is 6.48. The van der Waals surface area contributed by atoms with Gasteiger partial charge in [-0.15, -0.1) is 0 Å². The number of amides is 1. The van der Waals surface area contributed by atoms with Crippen LogP contribution in [0, 0.1) is 0 Å². The van der Waals surface area contributed by atoms with Crippen LogP contribution in [0.4, 0.5) is 0 Å². The Hall–Kier alpha value is -1.79. The van der Waals surface area contributed by atoms with Crippen LogP contribution in [0.3, 0.4) is 0 Å². The quantitative estimate of drug-likeness (QED) is 0.738. The summed E-state index contributed by atoms with van der Waals surface area (Å²) in [4.78, 5) is 13.9. The van der Waals surface area contributed by atoms with Gasteiger partial charge in [-0.3, -0.25) is 9.69 Å². The predicted molar refractivity (Wildman–Crippen MR) is 83.2 cm³/mol. The lowest BCUT2D eigenvalue weighted by Crippen LogP contribution is -2.56. The lowest BCUT2D eigenvalue weighted by atomic mass is 10.1. The van der Waals surface area contributed by atoms with Gasteiger partial charge < -0.3 is 19.9 Å². The Labute approximate surface area is 131 Å². The molecule has 0 saturated carbocycles. The van der Waals surface area contributed by atoms with E-state index in [-0.39, 0.29) is 18.6 Å². The summed E-state index contributed by atoms with van der Waals surface area (Å²) in [5.74, 6) is 1.42. The minimum Gasteiger partial charge on any atom is -0.490 e. The average molecular weight is 308 g/mol. The number of aliphatic hydroxyl groups is 1. The normalized spacial score (nSPS) is 18.8. The third kappa shape index (κ3) is 4.35. The van der Waals surface area contributed by atoms with Crippen molar-refractivity contribution in [2.24, 2.45) is 0 Å². The molecule has 1 amide bonds. The molecule has 0 aromatic heterocycles. The number of hydrogen-bond acceptors (Lipinski definition) is 5. The van der Waals surface area contributed by atoms with E-state index in [9.17, 15) is 4.79 Å². The van der Waals surface area contributed by atoms with Crippen LogP contribution in [0.15, 0.2) is 24.3 Å². The molecule has 0 bridgehead atoms. The topological polar surface area (TPSA) is 71.0 Å². The van der Waals surface area contributed by atoms with E-state index in [1.165, 1.54) is 0 Å². The number of benzene rings is 1. The molecule has 0 aliphatic carbocycles. The van der Waals surface area contributed by atoms with Crippen LogP contribution < -0.4 is 14.8 Å². The molecule has 1 aromatic rings. The Morgan fingerprint density at radius 1 is 1.32 bits per heavy atom. The van der Waals surface area contributed by atoms with Crippen LogP contribution in [0.25, 0.3) is 0 Å². The maximum absolute atomic E-state index is 11.8. The number of para-hydroxylation sites is 2. The smallest absolute Gasteiger partial charge is 0.237 e. The minimum absolute atomic E-state index is 0.00260. The van der Waals surface area contributed by atoms with E-state index >= 15 is 0 Å². The molecule has 1 heterocycles. The summed E-state index contributed by atoms with van der Waals surface area (Å²) < 4.78 is 11.3. The van der Waals surface area contributed by atoms with Crippen molar-refractivity contribution in [3.8, 4) is 11.5 Å². The molecule has 1 aliphatic heterocycles. The molecule has 2 N–H and O–H groups in total. The zero-order valence-electron chi connectivity index (χ0n) is 13.0. The van der Waals surface area contributed by atoms with Gasteiger partial charge in [0.2, 0.25) is 5.91 Å². The molecule has 122 valence electrons. The summed E-state index contributed by atoms with van der Waals surface area (Å²) in [6.07, 6.45) is 0.446. The van der Waals surface area contributed by atoms with Crippen molar-refractivity contribution in [2.45, 2.75) is 19.4 Å². The second-order valence-corrected chi connectivity index (χ2v) is 5.08. The lowest BCUT2D eigenvalue weighted by Gasteiger charge is -2.34. The number of carbonyl (C=O) groups is 1. The summed E-state index contributed by atoms with van der Waals surface area (Å²) in [5, 5.41) is 11.9. The zero-order chi connectivity index (χ0) is 15.8. The molecule has 0 spiro atoms. The molecule has 22 heavy (non-hydrogen) atoms. The van der Waals surface area contributed by atoms with E-state index in [1.54, 1.807) is 0 Å². The highest BCUT2D eigenvalue weighted by atomic mass is 16.5. The third-order valence-corrected chi connectivity index (χ3v) is 3.63. The first-order valence-corrected chi connectivity index (χ1v) is 7.73. The standard InChI is InChI=1S/C16H24N2O4/c1-2-21-14-5-3-4-6-15(14)22-12-10-18-9-8-17-16(20)13(18)7-11-19/h3-6,13,19H,2,7-12H2,1H3,(H,17,20)/t13-/m1/s1. The van der Waals surface area contributed by atoms with Crippen LogP contribution in [-0.2, 0) is 4.79 Å². The number of hydrogen-bond donors (Lipinski definition) is 2. The van der Waals surface area contributed by atoms with Gasteiger partial charge in [0.1, 0.15) is 6.61 Å². The van der Waals surface area contributed by atoms with Crippen molar-refractivity contribution in [1.29, 1.82) is 0 Å². The first-order valence-electron chi connectivity index (χ1n) is 7.73. The Balaban J connectivity index is 1.88. The number of aliphatic hydroxyl groups excluding tert-OH is 1. The van der Waals surface area contributed by atoms with Crippen LogP contribution in [0.2, 0.25) is 0 Å². The van der Waals surface area contributed by atoms with Gasteiger partial charge in [-0.2, -0.15) is 0 Å². The van der Waals surface area contributed by atoms with Crippen LogP contribution in [0.1, 0.15) is 13.3 Å². The first kappa shape index (κ1) is 16.6. The monoisotopic (exact) mass is 308 g/mol. The molecule has 1 fully saturated rings. The van der Waals surface area contributed by atoms with E-state index in [1.807, 2.05) is 31.2 Å². The molecule has 6 heteroatoms. The summed E-state index contributed by atoms with van der Waals surface area (Å²) >= 11 is 0. The van der Waals surface area contributed by atoms with E-state index in [0.29, 0.717) is 38.5 Å². The van der Waals surface area contributed by atoms with Gasteiger partial charge in [-0.05, 0) is 25.5 Å². The SMILES string of the molecule is CCOc1ccccc1OCCN1CCNC(=O)[C@H]1CCO. The molecule has 6 nitrogen and oxygen atoms in total. The molecule has 0 radical (unpaired) electrons. The number of rotatable bonds is 8. The van der Waals surface area contributed by atoms with Crippen molar-refractivity contribution < 1.29 is 19.4 Å². The second-order valence-electron chi connectivity index (χ2n) is 5.08. The second kappa shape index (κ2) is 8.60. The van der Waals surface area contributed by atoms with Gasteiger partial charge in [0.25, 0.3) is 0 Å². The van der Waals surface area contributed by atoms with Crippen molar-refractivity contribution in [2.75, 3.05) is 39.5 Å². The Morgan fingerprint density at radius 3 is 2.73 bits per heavy atom. The maximum Gasteiger partial charge on any atom is 0.237 e. The predicted octanol–water partition coefficient (Wildman–Crippen LogP) is 0.647. The average Bonchev–Trinajstić information content (AvgIpc) is 2.52. The molecule has 1 saturated heterocycles. The van der Waals surface area contributed by atoms with Gasteiger partial charge >= 0.3 is 0 Å². The first-order chi connectivity index (χ1) is 10.8. The molecular formula is C16H24N2O4. The number of ether oxygens (including phenoxy) is 2. The van der Waals surface area contributed by atoms with Crippen molar-refractivity contribution in [3.63, 3.8) is 0 Å². The largest absolute Gasteiger partial charge is 0.490 e. The number of nitrogens with zero attached hydrogens (tertiary/aromatic N) is 1. The fraction of sp³-hybridized carbons (Fsp3) is 0.562. The fourth-order valence-corrected chi connectivity index (χ4v) is 2.58. The van der Waals surface area contributed by atoms with Gasteiger partial charge in [0.05, 0.1) is 12.6 Å².